The maximum absolute atomic E-state index is 5.90. The summed E-state index contributed by atoms with van der Waals surface area (Å²) in [5.74, 6) is 2.58. The van der Waals surface area contributed by atoms with Gasteiger partial charge in [-0.3, -0.25) is 4.98 Å². The van der Waals surface area contributed by atoms with Crippen LogP contribution in [0.2, 0.25) is 0 Å². The first-order chi connectivity index (χ1) is 14.2. The molecular weight excluding hydrogens is 370 g/mol. The molecule has 1 atom stereocenters. The molecule has 0 bridgehead atoms. The Kier molecular flexibility index (Phi) is 4.36. The summed E-state index contributed by atoms with van der Waals surface area (Å²) in [6.45, 7) is 5.41. The summed E-state index contributed by atoms with van der Waals surface area (Å²) < 4.78 is 13.1. The van der Waals surface area contributed by atoms with Gasteiger partial charge in [0.25, 0.3) is 5.88 Å². The zero-order valence-corrected chi connectivity index (χ0v) is 16.2. The van der Waals surface area contributed by atoms with Gasteiger partial charge in [-0.05, 0) is 49.7 Å². The molecule has 4 aromatic rings. The van der Waals surface area contributed by atoms with E-state index in [0.29, 0.717) is 30.2 Å². The Balaban J connectivity index is 1.41. The van der Waals surface area contributed by atoms with Crippen LogP contribution in [0, 0.1) is 13.8 Å². The molecule has 0 spiro atoms. The molecule has 2 N–H and O–H groups in total. The normalized spacial score (nSPS) is 16.0. The third kappa shape index (κ3) is 3.52. The summed E-state index contributed by atoms with van der Waals surface area (Å²) in [7, 11) is 0. The standard InChI is InChI=1S/C20H21N7O2/c1-12-9-23-18(10-22-12)24-17-8-16-7-14(4-6-27(16)25-17)19-13(2)29-26-20(19)28-11-15-3-5-21-15/h4,6-10,15,21H,3,5,11H2,1-2H3,(H,23,24,25)/t15-/m1/s1. The molecule has 5 rings (SSSR count). The van der Waals surface area contributed by atoms with E-state index in [4.69, 9.17) is 9.26 Å². The number of aryl methyl sites for hydroxylation is 2. The minimum Gasteiger partial charge on any atom is -0.473 e. The number of anilines is 2. The number of rotatable bonds is 6. The number of fused-ring (bicyclic) bond motifs is 1. The van der Waals surface area contributed by atoms with E-state index in [-0.39, 0.29) is 0 Å². The molecule has 148 valence electrons. The number of nitrogens with one attached hydrogen (secondary N) is 2. The van der Waals surface area contributed by atoms with E-state index in [1.54, 1.807) is 16.9 Å². The van der Waals surface area contributed by atoms with Crippen LogP contribution in [0.1, 0.15) is 17.9 Å². The Labute approximate surface area is 167 Å². The van der Waals surface area contributed by atoms with Crippen molar-refractivity contribution in [2.45, 2.75) is 26.3 Å². The van der Waals surface area contributed by atoms with Crippen LogP contribution in [0.15, 0.2) is 41.3 Å². The van der Waals surface area contributed by atoms with Crippen LogP contribution in [0.4, 0.5) is 11.6 Å². The third-order valence-electron chi connectivity index (χ3n) is 4.97. The summed E-state index contributed by atoms with van der Waals surface area (Å²) >= 11 is 0. The second-order valence-corrected chi connectivity index (χ2v) is 7.15. The van der Waals surface area contributed by atoms with Crippen molar-refractivity contribution in [2.24, 2.45) is 0 Å². The summed E-state index contributed by atoms with van der Waals surface area (Å²) in [6, 6.07) is 6.35. The topological polar surface area (TPSA) is 102 Å². The quantitative estimate of drug-likeness (QED) is 0.517. The first kappa shape index (κ1) is 17.6. The molecule has 0 saturated carbocycles. The SMILES string of the molecule is Cc1cnc(Nc2cc3cc(-c4c(OC[C@H]5CCN5)noc4C)ccn3n2)cn1. The Morgan fingerprint density at radius 1 is 1.24 bits per heavy atom. The molecule has 0 radical (unpaired) electrons. The zero-order chi connectivity index (χ0) is 19.8. The lowest BCUT2D eigenvalue weighted by Gasteiger charge is -2.26. The molecule has 1 fully saturated rings. The molecule has 0 aliphatic carbocycles. The van der Waals surface area contributed by atoms with Crippen molar-refractivity contribution in [3.05, 3.63) is 48.2 Å². The lowest BCUT2D eigenvalue weighted by molar-refractivity contribution is 0.202. The van der Waals surface area contributed by atoms with E-state index in [0.717, 1.165) is 41.1 Å². The van der Waals surface area contributed by atoms with Gasteiger partial charge in [-0.15, -0.1) is 0 Å². The monoisotopic (exact) mass is 391 g/mol. The highest BCUT2D eigenvalue weighted by atomic mass is 16.5. The predicted octanol–water partition coefficient (Wildman–Crippen LogP) is 2.88. The van der Waals surface area contributed by atoms with Crippen molar-refractivity contribution in [1.29, 1.82) is 0 Å². The highest BCUT2D eigenvalue weighted by Gasteiger charge is 2.21. The Bertz CT molecular complexity index is 1150. The Morgan fingerprint density at radius 2 is 2.14 bits per heavy atom. The number of ether oxygens (including phenoxy) is 1. The highest BCUT2D eigenvalue weighted by molar-refractivity contribution is 5.75. The maximum Gasteiger partial charge on any atom is 0.262 e. The Morgan fingerprint density at radius 3 is 2.90 bits per heavy atom. The number of hydrogen-bond acceptors (Lipinski definition) is 8. The molecule has 5 heterocycles. The minimum absolute atomic E-state index is 0.385. The van der Waals surface area contributed by atoms with Crippen molar-refractivity contribution >= 4 is 17.2 Å². The number of aromatic nitrogens is 5. The van der Waals surface area contributed by atoms with Crippen LogP contribution in [-0.4, -0.2) is 43.9 Å². The smallest absolute Gasteiger partial charge is 0.262 e. The van der Waals surface area contributed by atoms with Crippen molar-refractivity contribution in [2.75, 3.05) is 18.5 Å². The molecule has 1 aliphatic heterocycles. The summed E-state index contributed by atoms with van der Waals surface area (Å²) in [5, 5.41) is 15.1. The molecule has 29 heavy (non-hydrogen) atoms. The van der Waals surface area contributed by atoms with E-state index in [2.05, 4.69) is 30.9 Å². The lowest BCUT2D eigenvalue weighted by Crippen LogP contribution is -2.46. The average Bonchev–Trinajstić information content (AvgIpc) is 3.24. The van der Waals surface area contributed by atoms with Gasteiger partial charge in [0.15, 0.2) is 5.82 Å². The lowest BCUT2D eigenvalue weighted by atomic mass is 10.1. The van der Waals surface area contributed by atoms with Gasteiger partial charge in [0.1, 0.15) is 18.2 Å². The van der Waals surface area contributed by atoms with Crippen LogP contribution in [0.3, 0.4) is 0 Å². The maximum atomic E-state index is 5.90. The van der Waals surface area contributed by atoms with Crippen LogP contribution >= 0.6 is 0 Å². The molecule has 0 aromatic carbocycles. The molecule has 1 saturated heterocycles. The predicted molar refractivity (Wildman–Crippen MR) is 107 cm³/mol. The van der Waals surface area contributed by atoms with E-state index in [9.17, 15) is 0 Å². The summed E-state index contributed by atoms with van der Waals surface area (Å²) in [4.78, 5) is 8.55. The van der Waals surface area contributed by atoms with E-state index in [1.807, 2.05) is 38.2 Å². The summed E-state index contributed by atoms with van der Waals surface area (Å²) in [6.07, 6.45) is 6.42. The molecule has 1 aliphatic rings. The molecular formula is C20H21N7O2. The van der Waals surface area contributed by atoms with Crippen LogP contribution in [0.25, 0.3) is 16.6 Å². The average molecular weight is 391 g/mol. The van der Waals surface area contributed by atoms with Gasteiger partial charge < -0.3 is 19.9 Å². The molecule has 0 unspecified atom stereocenters. The van der Waals surface area contributed by atoms with Crippen molar-refractivity contribution in [1.82, 2.24) is 30.1 Å². The molecule has 4 aromatic heterocycles. The van der Waals surface area contributed by atoms with Gasteiger partial charge in [0, 0.05) is 18.3 Å². The van der Waals surface area contributed by atoms with Crippen LogP contribution < -0.4 is 15.4 Å². The number of nitrogens with zero attached hydrogens (tertiary/aromatic N) is 5. The van der Waals surface area contributed by atoms with Gasteiger partial charge in [0.05, 0.1) is 29.2 Å². The van der Waals surface area contributed by atoms with Crippen LogP contribution in [-0.2, 0) is 0 Å². The fraction of sp³-hybridized carbons (Fsp3) is 0.300. The second-order valence-electron chi connectivity index (χ2n) is 7.15. The first-order valence-electron chi connectivity index (χ1n) is 9.53. The second kappa shape index (κ2) is 7.17. The van der Waals surface area contributed by atoms with E-state index in [1.165, 1.54) is 0 Å². The third-order valence-corrected chi connectivity index (χ3v) is 4.97. The van der Waals surface area contributed by atoms with Crippen molar-refractivity contribution in [3.8, 4) is 17.0 Å². The zero-order valence-electron chi connectivity index (χ0n) is 16.2. The Hall–Kier alpha value is -3.46. The van der Waals surface area contributed by atoms with Crippen molar-refractivity contribution < 1.29 is 9.26 Å². The molecule has 9 nitrogen and oxygen atoms in total. The van der Waals surface area contributed by atoms with E-state index < -0.39 is 0 Å². The van der Waals surface area contributed by atoms with E-state index >= 15 is 0 Å². The number of pyridine rings is 1. The van der Waals surface area contributed by atoms with Gasteiger partial charge in [-0.1, -0.05) is 0 Å². The number of hydrogen-bond donors (Lipinski definition) is 2. The fourth-order valence-electron chi connectivity index (χ4n) is 3.25. The van der Waals surface area contributed by atoms with Gasteiger partial charge in [0.2, 0.25) is 0 Å². The summed E-state index contributed by atoms with van der Waals surface area (Å²) in [5.41, 5.74) is 3.63. The van der Waals surface area contributed by atoms with Crippen molar-refractivity contribution in [3.63, 3.8) is 0 Å². The fourth-order valence-corrected chi connectivity index (χ4v) is 3.25. The van der Waals surface area contributed by atoms with Gasteiger partial charge >= 0.3 is 0 Å². The van der Waals surface area contributed by atoms with Gasteiger partial charge in [-0.25, -0.2) is 9.50 Å². The molecule has 0 amide bonds. The highest BCUT2D eigenvalue weighted by Crippen LogP contribution is 2.34. The van der Waals surface area contributed by atoms with Gasteiger partial charge in [-0.2, -0.15) is 5.10 Å². The van der Waals surface area contributed by atoms with Crippen LogP contribution in [0.5, 0.6) is 5.88 Å². The molecule has 9 heteroatoms. The largest absolute Gasteiger partial charge is 0.473 e. The first-order valence-corrected chi connectivity index (χ1v) is 9.53. The minimum atomic E-state index is 0.385.